The fraction of sp³-hybridized carbons (Fsp3) is 0.286. The third-order valence-corrected chi connectivity index (χ3v) is 4.50. The molecule has 2 aromatic rings. The second-order valence-electron chi connectivity index (χ2n) is 4.29. The van der Waals surface area contributed by atoms with E-state index in [-0.39, 0.29) is 0 Å². The summed E-state index contributed by atoms with van der Waals surface area (Å²) in [7, 11) is 1.63. The van der Waals surface area contributed by atoms with Crippen molar-refractivity contribution in [2.75, 3.05) is 12.8 Å². The summed E-state index contributed by atoms with van der Waals surface area (Å²) in [5, 5.41) is 0. The molecule has 4 nitrogen and oxygen atoms in total. The molecular weight excluding hydrogens is 433 g/mol. The van der Waals surface area contributed by atoms with Gasteiger partial charge in [-0.2, -0.15) is 0 Å². The topological polar surface area (TPSA) is 61.0 Å². The molecule has 0 saturated carbocycles. The number of halogens is 2. The summed E-state index contributed by atoms with van der Waals surface area (Å²) in [5.41, 5.74) is 7.83. The van der Waals surface area contributed by atoms with E-state index in [1.165, 1.54) is 0 Å². The van der Waals surface area contributed by atoms with Crippen LogP contribution in [0, 0.1) is 3.57 Å². The molecule has 0 aliphatic heterocycles. The average Bonchev–Trinajstić information content (AvgIpc) is 2.43. The Morgan fingerprint density at radius 2 is 2.10 bits per heavy atom. The van der Waals surface area contributed by atoms with Crippen molar-refractivity contribution >= 4 is 44.3 Å². The van der Waals surface area contributed by atoms with E-state index in [9.17, 15) is 0 Å². The Balaban J connectivity index is 2.60. The number of hydrogen-bond donors (Lipinski definition) is 1. The maximum Gasteiger partial charge on any atom is 0.165 e. The summed E-state index contributed by atoms with van der Waals surface area (Å²) in [6.45, 7) is 2.12. The SMILES string of the molecule is CCCc1nc(-c2cc(Br)ccc2OC)nc(N)c1I. The van der Waals surface area contributed by atoms with Crippen LogP contribution in [0.15, 0.2) is 22.7 Å². The number of ether oxygens (including phenoxy) is 1. The number of nitrogen functional groups attached to an aromatic ring is 1. The van der Waals surface area contributed by atoms with Gasteiger partial charge in [0.1, 0.15) is 11.6 Å². The van der Waals surface area contributed by atoms with Gasteiger partial charge in [0, 0.05) is 4.47 Å². The molecule has 0 radical (unpaired) electrons. The number of hydrogen-bond acceptors (Lipinski definition) is 4. The van der Waals surface area contributed by atoms with Gasteiger partial charge in [-0.15, -0.1) is 0 Å². The number of anilines is 1. The average molecular weight is 448 g/mol. The lowest BCUT2D eigenvalue weighted by atomic mass is 10.1. The van der Waals surface area contributed by atoms with E-state index in [4.69, 9.17) is 10.5 Å². The van der Waals surface area contributed by atoms with Gasteiger partial charge >= 0.3 is 0 Å². The largest absolute Gasteiger partial charge is 0.496 e. The van der Waals surface area contributed by atoms with Crippen molar-refractivity contribution in [1.82, 2.24) is 9.97 Å². The lowest BCUT2D eigenvalue weighted by Gasteiger charge is -2.11. The first-order valence-corrected chi connectivity index (χ1v) is 8.09. The Hall–Kier alpha value is -0.890. The van der Waals surface area contributed by atoms with Gasteiger partial charge in [0.2, 0.25) is 0 Å². The van der Waals surface area contributed by atoms with Crippen LogP contribution in [0.3, 0.4) is 0 Å². The van der Waals surface area contributed by atoms with Gasteiger partial charge in [-0.25, -0.2) is 9.97 Å². The highest BCUT2D eigenvalue weighted by Crippen LogP contribution is 2.32. The van der Waals surface area contributed by atoms with Crippen LogP contribution in [0.2, 0.25) is 0 Å². The van der Waals surface area contributed by atoms with Crippen LogP contribution < -0.4 is 10.5 Å². The molecule has 0 unspecified atom stereocenters. The van der Waals surface area contributed by atoms with Crippen LogP contribution >= 0.6 is 38.5 Å². The molecule has 0 aliphatic carbocycles. The van der Waals surface area contributed by atoms with Crippen molar-refractivity contribution in [3.8, 4) is 17.1 Å². The van der Waals surface area contributed by atoms with E-state index in [2.05, 4.69) is 55.4 Å². The van der Waals surface area contributed by atoms with E-state index in [1.807, 2.05) is 18.2 Å². The van der Waals surface area contributed by atoms with Gasteiger partial charge in [0.25, 0.3) is 0 Å². The van der Waals surface area contributed by atoms with Crippen molar-refractivity contribution in [2.45, 2.75) is 19.8 Å². The number of methoxy groups -OCH3 is 1. The molecule has 1 aromatic heterocycles. The predicted octanol–water partition coefficient (Wildman–Crippen LogP) is 4.05. The van der Waals surface area contributed by atoms with Crippen molar-refractivity contribution < 1.29 is 4.74 Å². The molecular formula is C14H15BrIN3O. The highest BCUT2D eigenvalue weighted by molar-refractivity contribution is 14.1. The van der Waals surface area contributed by atoms with Gasteiger partial charge in [0.05, 0.1) is 21.9 Å². The van der Waals surface area contributed by atoms with Gasteiger partial charge in [-0.3, -0.25) is 0 Å². The molecule has 6 heteroatoms. The first-order chi connectivity index (χ1) is 9.56. The molecule has 106 valence electrons. The van der Waals surface area contributed by atoms with Gasteiger partial charge < -0.3 is 10.5 Å². The second kappa shape index (κ2) is 6.71. The molecule has 0 saturated heterocycles. The summed E-state index contributed by atoms with van der Waals surface area (Å²) >= 11 is 5.66. The van der Waals surface area contributed by atoms with Gasteiger partial charge in [0.15, 0.2) is 5.82 Å². The minimum absolute atomic E-state index is 0.515. The highest BCUT2D eigenvalue weighted by atomic mass is 127. The first kappa shape index (κ1) is 15.5. The van der Waals surface area contributed by atoms with Crippen molar-refractivity contribution in [1.29, 1.82) is 0 Å². The summed E-state index contributed by atoms with van der Waals surface area (Å²) in [4.78, 5) is 9.04. The normalized spacial score (nSPS) is 10.6. The Morgan fingerprint density at radius 3 is 2.75 bits per heavy atom. The zero-order valence-corrected chi connectivity index (χ0v) is 15.0. The van der Waals surface area contributed by atoms with Crippen LogP contribution in [0.25, 0.3) is 11.4 Å². The minimum atomic E-state index is 0.515. The third-order valence-electron chi connectivity index (χ3n) is 2.83. The van der Waals surface area contributed by atoms with Crippen molar-refractivity contribution in [3.05, 3.63) is 31.9 Å². The van der Waals surface area contributed by atoms with Crippen LogP contribution in [-0.2, 0) is 6.42 Å². The molecule has 1 aromatic carbocycles. The van der Waals surface area contributed by atoms with Crippen LogP contribution in [0.4, 0.5) is 5.82 Å². The molecule has 0 bridgehead atoms. The van der Waals surface area contributed by atoms with Crippen molar-refractivity contribution in [2.24, 2.45) is 0 Å². The number of nitrogens with two attached hydrogens (primary N) is 1. The fourth-order valence-electron chi connectivity index (χ4n) is 1.89. The third kappa shape index (κ3) is 3.22. The zero-order valence-electron chi connectivity index (χ0n) is 11.3. The Morgan fingerprint density at radius 1 is 1.35 bits per heavy atom. The second-order valence-corrected chi connectivity index (χ2v) is 6.28. The molecule has 0 amide bonds. The molecule has 0 aliphatic rings. The van der Waals surface area contributed by atoms with Crippen LogP contribution in [0.5, 0.6) is 5.75 Å². The predicted molar refractivity (Wildman–Crippen MR) is 92.8 cm³/mol. The number of aryl methyl sites for hydroxylation is 1. The van der Waals surface area contributed by atoms with E-state index >= 15 is 0 Å². The summed E-state index contributed by atoms with van der Waals surface area (Å²) in [6, 6.07) is 5.75. The number of nitrogens with zero attached hydrogens (tertiary/aromatic N) is 2. The maximum atomic E-state index is 6.01. The van der Waals surface area contributed by atoms with Gasteiger partial charge in [-0.05, 0) is 47.2 Å². The summed E-state index contributed by atoms with van der Waals surface area (Å²) in [6.07, 6.45) is 1.90. The zero-order chi connectivity index (χ0) is 14.7. The molecule has 0 atom stereocenters. The standard InChI is InChI=1S/C14H15BrIN3O/c1-3-4-10-12(16)13(17)19-14(18-10)9-7-8(15)5-6-11(9)20-2/h5-7H,3-4H2,1-2H3,(H2,17,18,19). The fourth-order valence-corrected chi connectivity index (χ4v) is 2.76. The molecule has 0 fully saturated rings. The van der Waals surface area contributed by atoms with E-state index in [1.54, 1.807) is 7.11 Å². The molecule has 20 heavy (non-hydrogen) atoms. The molecule has 2 N–H and O–H groups in total. The summed E-state index contributed by atoms with van der Waals surface area (Å²) in [5.74, 6) is 1.85. The minimum Gasteiger partial charge on any atom is -0.496 e. The quantitative estimate of drug-likeness (QED) is 0.718. The van der Waals surface area contributed by atoms with E-state index < -0.39 is 0 Å². The number of aromatic nitrogens is 2. The summed E-state index contributed by atoms with van der Waals surface area (Å²) < 4.78 is 7.26. The lowest BCUT2D eigenvalue weighted by Crippen LogP contribution is -2.05. The van der Waals surface area contributed by atoms with Gasteiger partial charge in [-0.1, -0.05) is 29.3 Å². The first-order valence-electron chi connectivity index (χ1n) is 6.22. The monoisotopic (exact) mass is 447 g/mol. The number of rotatable bonds is 4. The molecule has 0 spiro atoms. The Labute approximate surface area is 140 Å². The van der Waals surface area contributed by atoms with Crippen molar-refractivity contribution in [3.63, 3.8) is 0 Å². The maximum absolute atomic E-state index is 6.01. The van der Waals surface area contributed by atoms with E-state index in [0.29, 0.717) is 11.6 Å². The van der Waals surface area contributed by atoms with Crippen LogP contribution in [0.1, 0.15) is 19.0 Å². The smallest absolute Gasteiger partial charge is 0.165 e. The molecule has 2 rings (SSSR count). The van der Waals surface area contributed by atoms with E-state index in [0.717, 1.165) is 37.9 Å². The lowest BCUT2D eigenvalue weighted by molar-refractivity contribution is 0.416. The number of benzene rings is 1. The highest BCUT2D eigenvalue weighted by Gasteiger charge is 2.14. The Kier molecular flexibility index (Phi) is 5.20. The Bertz CT molecular complexity index is 634. The molecule has 1 heterocycles. The van der Waals surface area contributed by atoms with Crippen LogP contribution in [-0.4, -0.2) is 17.1 Å².